The van der Waals surface area contributed by atoms with Crippen molar-refractivity contribution < 1.29 is 45.2 Å². The first-order valence-electron chi connectivity index (χ1n) is 6.06. The SMILES string of the molecule is CCC(C)(C)C(=O)OCC(=O)OC(CS(=O)(=O)[O-])C(F)(F)F. The lowest BCUT2D eigenvalue weighted by atomic mass is 9.91. The normalized spacial score (nSPS) is 14.3. The summed E-state index contributed by atoms with van der Waals surface area (Å²) in [5.41, 5.74) is -0.942. The van der Waals surface area contributed by atoms with Crippen LogP contribution in [0, 0.1) is 5.41 Å². The molecule has 0 rings (SSSR count). The van der Waals surface area contributed by atoms with E-state index in [1.165, 1.54) is 13.8 Å². The summed E-state index contributed by atoms with van der Waals surface area (Å²) < 4.78 is 76.9. The van der Waals surface area contributed by atoms with Gasteiger partial charge < -0.3 is 14.0 Å². The second-order valence-corrected chi connectivity index (χ2v) is 6.51. The maximum Gasteiger partial charge on any atom is 0.426 e. The van der Waals surface area contributed by atoms with Gasteiger partial charge in [0.15, 0.2) is 6.61 Å². The molecule has 0 aromatic carbocycles. The molecule has 22 heavy (non-hydrogen) atoms. The number of hydrogen-bond donors (Lipinski definition) is 0. The number of rotatable bonds is 7. The molecule has 0 radical (unpaired) electrons. The quantitative estimate of drug-likeness (QED) is 0.498. The maximum absolute atomic E-state index is 12.5. The summed E-state index contributed by atoms with van der Waals surface area (Å²) in [6.07, 6.45) is -7.99. The van der Waals surface area contributed by atoms with Gasteiger partial charge in [0, 0.05) is 0 Å². The van der Waals surface area contributed by atoms with E-state index >= 15 is 0 Å². The molecule has 0 saturated heterocycles. The Morgan fingerprint density at radius 2 is 1.73 bits per heavy atom. The van der Waals surface area contributed by atoms with Crippen molar-refractivity contribution in [3.05, 3.63) is 0 Å². The fraction of sp³-hybridized carbons (Fsp3) is 0.818. The molecule has 0 aromatic heterocycles. The third-order valence-corrected chi connectivity index (χ3v) is 3.46. The van der Waals surface area contributed by atoms with E-state index in [-0.39, 0.29) is 0 Å². The number of carbonyl (C=O) groups excluding carboxylic acids is 2. The number of alkyl halides is 3. The number of carbonyl (C=O) groups is 2. The third-order valence-electron chi connectivity index (χ3n) is 2.75. The molecule has 1 unspecified atom stereocenters. The summed E-state index contributed by atoms with van der Waals surface area (Å²) >= 11 is 0. The molecular weight excluding hydrogens is 333 g/mol. The highest BCUT2D eigenvalue weighted by molar-refractivity contribution is 7.85. The minimum absolute atomic E-state index is 0.362. The van der Waals surface area contributed by atoms with E-state index in [9.17, 15) is 35.7 Å². The molecule has 0 heterocycles. The zero-order valence-electron chi connectivity index (χ0n) is 12.1. The Morgan fingerprint density at radius 3 is 2.09 bits per heavy atom. The van der Waals surface area contributed by atoms with Crippen LogP contribution in [0.25, 0.3) is 0 Å². The molecule has 0 spiro atoms. The monoisotopic (exact) mass is 349 g/mol. The molecule has 0 fully saturated rings. The first-order valence-corrected chi connectivity index (χ1v) is 7.63. The van der Waals surface area contributed by atoms with Crippen LogP contribution in [0.3, 0.4) is 0 Å². The van der Waals surface area contributed by atoms with E-state index in [0.29, 0.717) is 6.42 Å². The van der Waals surface area contributed by atoms with Crippen molar-refractivity contribution in [1.82, 2.24) is 0 Å². The highest BCUT2D eigenvalue weighted by atomic mass is 32.2. The van der Waals surface area contributed by atoms with Crippen LogP contribution >= 0.6 is 0 Å². The molecule has 0 aliphatic carbocycles. The molecule has 0 N–H and O–H groups in total. The molecule has 0 aliphatic rings. The van der Waals surface area contributed by atoms with Crippen LogP contribution in [0.5, 0.6) is 0 Å². The zero-order chi connectivity index (χ0) is 17.8. The molecule has 1 atom stereocenters. The van der Waals surface area contributed by atoms with Crippen LogP contribution in [0.1, 0.15) is 27.2 Å². The Balaban J connectivity index is 4.70. The Hall–Kier alpha value is -1.36. The van der Waals surface area contributed by atoms with Crippen molar-refractivity contribution in [2.75, 3.05) is 12.4 Å². The van der Waals surface area contributed by atoms with Gasteiger partial charge in [-0.1, -0.05) is 6.92 Å². The minimum Gasteiger partial charge on any atom is -0.748 e. The van der Waals surface area contributed by atoms with Crippen molar-refractivity contribution in [1.29, 1.82) is 0 Å². The molecule has 11 heteroatoms. The van der Waals surface area contributed by atoms with Crippen molar-refractivity contribution in [3.63, 3.8) is 0 Å². The zero-order valence-corrected chi connectivity index (χ0v) is 12.9. The number of hydrogen-bond acceptors (Lipinski definition) is 7. The molecule has 0 amide bonds. The molecule has 0 bridgehead atoms. The number of ether oxygens (including phenoxy) is 2. The van der Waals surface area contributed by atoms with Crippen LogP contribution in [-0.2, 0) is 29.2 Å². The number of halogens is 3. The van der Waals surface area contributed by atoms with Gasteiger partial charge in [-0.2, -0.15) is 13.2 Å². The van der Waals surface area contributed by atoms with Crippen LogP contribution in [-0.4, -0.2) is 49.5 Å². The van der Waals surface area contributed by atoms with Crippen molar-refractivity contribution >= 4 is 22.1 Å². The topological polar surface area (TPSA) is 110 Å². The summed E-state index contributed by atoms with van der Waals surface area (Å²) in [7, 11) is -5.27. The standard InChI is InChI=1S/C11H17F3O7S/c1-4-10(2,3)9(16)20-5-8(15)21-7(11(12,13)14)6-22(17,18)19/h7H,4-6H2,1-3H3,(H,17,18,19)/p-1. The second kappa shape index (κ2) is 7.27. The Bertz CT molecular complexity index is 510. The first-order chi connectivity index (χ1) is 9.69. The lowest BCUT2D eigenvalue weighted by Gasteiger charge is -2.23. The molecule has 130 valence electrons. The van der Waals surface area contributed by atoms with E-state index in [0.717, 1.165) is 0 Å². The molecular formula is C11H16F3O7S-. The van der Waals surface area contributed by atoms with Crippen LogP contribution in [0.4, 0.5) is 13.2 Å². The molecule has 0 aromatic rings. The van der Waals surface area contributed by atoms with Gasteiger partial charge in [0.1, 0.15) is 0 Å². The summed E-state index contributed by atoms with van der Waals surface area (Å²) in [5, 5.41) is 0. The van der Waals surface area contributed by atoms with Gasteiger partial charge in [-0.05, 0) is 20.3 Å². The van der Waals surface area contributed by atoms with Gasteiger partial charge >= 0.3 is 18.1 Å². The van der Waals surface area contributed by atoms with E-state index < -0.39 is 52.1 Å². The summed E-state index contributed by atoms with van der Waals surface area (Å²) in [6.45, 7) is 3.55. The molecule has 7 nitrogen and oxygen atoms in total. The maximum atomic E-state index is 12.5. The van der Waals surface area contributed by atoms with Gasteiger partial charge in [-0.3, -0.25) is 4.79 Å². The molecule has 0 saturated carbocycles. The Kier molecular flexibility index (Phi) is 6.82. The van der Waals surface area contributed by atoms with E-state index in [1.54, 1.807) is 6.92 Å². The summed E-state index contributed by atoms with van der Waals surface area (Å²) in [6, 6.07) is 0. The minimum atomic E-state index is -5.27. The summed E-state index contributed by atoms with van der Waals surface area (Å²) in [5.74, 6) is -4.38. The fourth-order valence-electron chi connectivity index (χ4n) is 1.04. The Morgan fingerprint density at radius 1 is 1.23 bits per heavy atom. The van der Waals surface area contributed by atoms with Gasteiger partial charge in [0.05, 0.1) is 21.3 Å². The van der Waals surface area contributed by atoms with Gasteiger partial charge in [-0.25, -0.2) is 13.2 Å². The summed E-state index contributed by atoms with van der Waals surface area (Å²) in [4.78, 5) is 22.7. The van der Waals surface area contributed by atoms with Crippen LogP contribution < -0.4 is 0 Å². The van der Waals surface area contributed by atoms with E-state index in [2.05, 4.69) is 9.47 Å². The predicted octanol–water partition coefficient (Wildman–Crippen LogP) is 0.985. The number of esters is 2. The van der Waals surface area contributed by atoms with E-state index in [4.69, 9.17) is 0 Å². The van der Waals surface area contributed by atoms with Crippen LogP contribution in [0.15, 0.2) is 0 Å². The second-order valence-electron chi connectivity index (χ2n) is 5.06. The molecule has 0 aliphatic heterocycles. The predicted molar refractivity (Wildman–Crippen MR) is 65.5 cm³/mol. The van der Waals surface area contributed by atoms with Gasteiger partial charge in [-0.15, -0.1) is 0 Å². The van der Waals surface area contributed by atoms with E-state index in [1.807, 2.05) is 0 Å². The fourth-order valence-corrected chi connectivity index (χ4v) is 1.67. The van der Waals surface area contributed by atoms with Crippen LogP contribution in [0.2, 0.25) is 0 Å². The van der Waals surface area contributed by atoms with Crippen molar-refractivity contribution in [3.8, 4) is 0 Å². The largest absolute Gasteiger partial charge is 0.748 e. The van der Waals surface area contributed by atoms with Crippen molar-refractivity contribution in [2.45, 2.75) is 39.5 Å². The average Bonchev–Trinajstić information content (AvgIpc) is 2.32. The average molecular weight is 349 g/mol. The van der Waals surface area contributed by atoms with Gasteiger partial charge in [0.2, 0.25) is 6.10 Å². The smallest absolute Gasteiger partial charge is 0.426 e. The highest BCUT2D eigenvalue weighted by Gasteiger charge is 2.44. The lowest BCUT2D eigenvalue weighted by Crippen LogP contribution is -2.40. The first kappa shape index (κ1) is 20.6. The highest BCUT2D eigenvalue weighted by Crippen LogP contribution is 2.25. The van der Waals surface area contributed by atoms with Crippen molar-refractivity contribution in [2.24, 2.45) is 5.41 Å². The third kappa shape index (κ3) is 7.59. The Labute approximate surface area is 125 Å². The lowest BCUT2D eigenvalue weighted by molar-refractivity contribution is -0.217. The van der Waals surface area contributed by atoms with Gasteiger partial charge in [0.25, 0.3) is 0 Å².